The van der Waals surface area contributed by atoms with E-state index in [2.05, 4.69) is 45.1 Å². The second-order valence-electron chi connectivity index (χ2n) is 5.71. The lowest BCUT2D eigenvalue weighted by Crippen LogP contribution is -2.19. The first-order valence-corrected chi connectivity index (χ1v) is 7.15. The minimum atomic E-state index is 0.175. The summed E-state index contributed by atoms with van der Waals surface area (Å²) in [6, 6.07) is 10.4. The highest BCUT2D eigenvalue weighted by Crippen LogP contribution is 2.40. The van der Waals surface area contributed by atoms with Crippen LogP contribution in [0.5, 0.6) is 0 Å². The predicted octanol–water partition coefficient (Wildman–Crippen LogP) is 4.83. The Labute approximate surface area is 121 Å². The van der Waals surface area contributed by atoms with E-state index >= 15 is 0 Å². The van der Waals surface area contributed by atoms with Crippen LogP contribution in [-0.4, -0.2) is 6.29 Å². The average molecular weight is 266 g/mol. The zero-order valence-electron chi connectivity index (χ0n) is 12.5. The number of carbonyl (C=O) groups is 1. The van der Waals surface area contributed by atoms with E-state index < -0.39 is 0 Å². The summed E-state index contributed by atoms with van der Waals surface area (Å²) in [4.78, 5) is 11.4. The van der Waals surface area contributed by atoms with Gasteiger partial charge in [-0.05, 0) is 44.2 Å². The third kappa shape index (κ3) is 3.16. The fraction of sp³-hybridized carbons (Fsp3) is 0.316. The first-order chi connectivity index (χ1) is 9.63. The van der Waals surface area contributed by atoms with Gasteiger partial charge in [-0.15, -0.1) is 0 Å². The number of benzene rings is 1. The van der Waals surface area contributed by atoms with Crippen molar-refractivity contribution < 1.29 is 4.79 Å². The Balaban J connectivity index is 2.40. The van der Waals surface area contributed by atoms with Crippen molar-refractivity contribution in [3.63, 3.8) is 0 Å². The topological polar surface area (TPSA) is 17.1 Å². The lowest BCUT2D eigenvalue weighted by molar-refractivity contribution is -0.105. The number of hydrogen-bond donors (Lipinski definition) is 0. The van der Waals surface area contributed by atoms with Gasteiger partial charge in [-0.25, -0.2) is 0 Å². The predicted molar refractivity (Wildman–Crippen MR) is 84.6 cm³/mol. The van der Waals surface area contributed by atoms with Gasteiger partial charge >= 0.3 is 0 Å². The Morgan fingerprint density at radius 2 is 1.85 bits per heavy atom. The summed E-state index contributed by atoms with van der Waals surface area (Å²) in [7, 11) is 0. The Morgan fingerprint density at radius 3 is 2.45 bits per heavy atom. The van der Waals surface area contributed by atoms with Crippen LogP contribution >= 0.6 is 0 Å². The van der Waals surface area contributed by atoms with E-state index in [9.17, 15) is 4.79 Å². The van der Waals surface area contributed by atoms with Crippen LogP contribution in [0.4, 0.5) is 0 Å². The molecule has 1 heteroatoms. The van der Waals surface area contributed by atoms with Gasteiger partial charge in [0.2, 0.25) is 0 Å². The van der Waals surface area contributed by atoms with E-state index in [1.165, 1.54) is 16.7 Å². The Morgan fingerprint density at radius 1 is 1.15 bits per heavy atom. The van der Waals surface area contributed by atoms with Gasteiger partial charge in [-0.1, -0.05) is 59.7 Å². The molecule has 2 atom stereocenters. The molecule has 0 saturated heterocycles. The van der Waals surface area contributed by atoms with Gasteiger partial charge in [-0.3, -0.25) is 4.79 Å². The van der Waals surface area contributed by atoms with Crippen molar-refractivity contribution in [3.8, 4) is 0 Å². The zero-order valence-corrected chi connectivity index (χ0v) is 12.5. The summed E-state index contributed by atoms with van der Waals surface area (Å²) in [5.74, 6) is 0.548. The average Bonchev–Trinajstić information content (AvgIpc) is 2.46. The van der Waals surface area contributed by atoms with Gasteiger partial charge in [0.15, 0.2) is 0 Å². The van der Waals surface area contributed by atoms with Gasteiger partial charge in [0.25, 0.3) is 0 Å². The Bertz CT molecular complexity index is 557. The molecular formula is C19H22O. The molecule has 1 aliphatic rings. The maximum Gasteiger partial charge on any atom is 0.146 e. The lowest BCUT2D eigenvalue weighted by Gasteiger charge is -2.31. The van der Waals surface area contributed by atoms with Crippen LogP contribution in [0.25, 0.3) is 0 Å². The van der Waals surface area contributed by atoms with E-state index in [-0.39, 0.29) is 5.92 Å². The largest absolute Gasteiger partial charge is 0.298 e. The molecule has 104 valence electrons. The van der Waals surface area contributed by atoms with Gasteiger partial charge < -0.3 is 0 Å². The molecule has 0 saturated carbocycles. The van der Waals surface area contributed by atoms with Crippen molar-refractivity contribution >= 4 is 6.29 Å². The molecule has 0 amide bonds. The van der Waals surface area contributed by atoms with Crippen LogP contribution in [0, 0.1) is 5.92 Å². The molecule has 20 heavy (non-hydrogen) atoms. The SMILES string of the molecule is CC(C)=CC[C@@H]1C(C)=CC=C(C=O)[C@@H]1c1ccccc1. The summed E-state index contributed by atoms with van der Waals surface area (Å²) >= 11 is 0. The monoisotopic (exact) mass is 266 g/mol. The van der Waals surface area contributed by atoms with E-state index in [1.807, 2.05) is 24.3 Å². The lowest BCUT2D eigenvalue weighted by atomic mass is 9.73. The minimum Gasteiger partial charge on any atom is -0.298 e. The number of allylic oxidation sites excluding steroid dienone is 6. The van der Waals surface area contributed by atoms with Crippen LogP contribution < -0.4 is 0 Å². The molecule has 0 spiro atoms. The van der Waals surface area contributed by atoms with Gasteiger partial charge in [0.1, 0.15) is 6.29 Å². The summed E-state index contributed by atoms with van der Waals surface area (Å²) in [6.45, 7) is 6.41. The first kappa shape index (κ1) is 14.5. The Kier molecular flexibility index (Phi) is 4.73. The number of aldehydes is 1. The molecule has 0 N–H and O–H groups in total. The van der Waals surface area contributed by atoms with Crippen molar-refractivity contribution in [1.82, 2.24) is 0 Å². The summed E-state index contributed by atoms with van der Waals surface area (Å²) in [6.07, 6.45) is 8.32. The molecule has 0 aromatic heterocycles. The normalized spacial score (nSPS) is 21.8. The number of carbonyl (C=O) groups excluding carboxylic acids is 1. The standard InChI is InChI=1S/C19H22O/c1-14(2)9-12-18-15(3)10-11-17(13-20)19(18)16-7-5-4-6-8-16/h4-11,13,18-19H,12H2,1-3H3/t18-,19+/m1/s1. The van der Waals surface area contributed by atoms with Crippen molar-refractivity contribution in [2.75, 3.05) is 0 Å². The number of rotatable bonds is 4. The van der Waals surface area contributed by atoms with Crippen LogP contribution in [0.1, 0.15) is 38.7 Å². The highest BCUT2D eigenvalue weighted by atomic mass is 16.1. The molecule has 0 aliphatic heterocycles. The molecule has 1 nitrogen and oxygen atoms in total. The van der Waals surface area contributed by atoms with Crippen molar-refractivity contribution in [2.45, 2.75) is 33.1 Å². The van der Waals surface area contributed by atoms with E-state index in [0.29, 0.717) is 5.92 Å². The maximum atomic E-state index is 11.4. The molecule has 1 aliphatic carbocycles. The second-order valence-corrected chi connectivity index (χ2v) is 5.71. The van der Waals surface area contributed by atoms with Gasteiger partial charge in [0, 0.05) is 5.92 Å². The fourth-order valence-corrected chi connectivity index (χ4v) is 2.83. The Hall–Kier alpha value is -1.89. The summed E-state index contributed by atoms with van der Waals surface area (Å²) < 4.78 is 0. The fourth-order valence-electron chi connectivity index (χ4n) is 2.83. The molecule has 0 bridgehead atoms. The van der Waals surface area contributed by atoms with Crippen LogP contribution in [0.2, 0.25) is 0 Å². The highest BCUT2D eigenvalue weighted by Gasteiger charge is 2.29. The van der Waals surface area contributed by atoms with Crippen LogP contribution in [0.15, 0.2) is 65.3 Å². The van der Waals surface area contributed by atoms with Crippen LogP contribution in [-0.2, 0) is 4.79 Å². The van der Waals surface area contributed by atoms with Crippen LogP contribution in [0.3, 0.4) is 0 Å². The molecule has 0 unspecified atom stereocenters. The van der Waals surface area contributed by atoms with Crippen molar-refractivity contribution in [3.05, 3.63) is 70.8 Å². The molecule has 0 heterocycles. The van der Waals surface area contributed by atoms with Gasteiger partial charge in [-0.2, -0.15) is 0 Å². The smallest absolute Gasteiger partial charge is 0.146 e. The molecule has 2 rings (SSSR count). The summed E-state index contributed by atoms with van der Waals surface area (Å²) in [5, 5.41) is 0. The zero-order chi connectivity index (χ0) is 14.5. The first-order valence-electron chi connectivity index (χ1n) is 7.15. The molecular weight excluding hydrogens is 244 g/mol. The third-order valence-corrected chi connectivity index (χ3v) is 3.96. The van der Waals surface area contributed by atoms with E-state index in [0.717, 1.165) is 18.3 Å². The highest BCUT2D eigenvalue weighted by molar-refractivity contribution is 5.77. The molecule has 0 fully saturated rings. The van der Waals surface area contributed by atoms with E-state index in [4.69, 9.17) is 0 Å². The third-order valence-electron chi connectivity index (χ3n) is 3.96. The minimum absolute atomic E-state index is 0.175. The van der Waals surface area contributed by atoms with Crippen molar-refractivity contribution in [2.24, 2.45) is 5.92 Å². The van der Waals surface area contributed by atoms with Gasteiger partial charge in [0.05, 0.1) is 0 Å². The second kappa shape index (κ2) is 6.51. The molecule has 0 radical (unpaired) electrons. The number of hydrogen-bond acceptors (Lipinski definition) is 1. The quantitative estimate of drug-likeness (QED) is 0.563. The molecule has 1 aromatic rings. The van der Waals surface area contributed by atoms with Crippen molar-refractivity contribution in [1.29, 1.82) is 0 Å². The summed E-state index contributed by atoms with van der Waals surface area (Å²) in [5.41, 5.74) is 4.79. The van der Waals surface area contributed by atoms with E-state index in [1.54, 1.807) is 0 Å². The maximum absolute atomic E-state index is 11.4. The molecule has 1 aromatic carbocycles.